The molecular formula is C29H64O. The quantitative estimate of drug-likeness (QED) is 0.252. The summed E-state index contributed by atoms with van der Waals surface area (Å²) >= 11 is 0. The van der Waals surface area contributed by atoms with E-state index in [0.29, 0.717) is 10.8 Å². The monoisotopic (exact) mass is 428 g/mol. The van der Waals surface area contributed by atoms with Gasteiger partial charge in [0.1, 0.15) is 0 Å². The summed E-state index contributed by atoms with van der Waals surface area (Å²) in [6.07, 6.45) is 10.0. The summed E-state index contributed by atoms with van der Waals surface area (Å²) in [4.78, 5) is 0. The lowest BCUT2D eigenvalue weighted by molar-refractivity contribution is -0.0181. The molecule has 30 heavy (non-hydrogen) atoms. The first-order valence-corrected chi connectivity index (χ1v) is 13.2. The molecule has 0 aliphatic heterocycles. The van der Waals surface area contributed by atoms with Crippen LogP contribution in [0.1, 0.15) is 142 Å². The minimum absolute atomic E-state index is 0. The molecule has 4 unspecified atom stereocenters. The van der Waals surface area contributed by atoms with E-state index in [4.69, 9.17) is 4.74 Å². The van der Waals surface area contributed by atoms with E-state index in [-0.39, 0.29) is 7.43 Å². The van der Waals surface area contributed by atoms with E-state index >= 15 is 0 Å². The second kappa shape index (κ2) is 18.5. The Kier molecular flexibility index (Phi) is 21.3. The molecule has 0 amide bonds. The Morgan fingerprint density at radius 1 is 0.500 bits per heavy atom. The van der Waals surface area contributed by atoms with Gasteiger partial charge in [-0.05, 0) is 73.0 Å². The first-order chi connectivity index (χ1) is 13.6. The largest absolute Gasteiger partial charge is 0.380 e. The van der Waals surface area contributed by atoms with Crippen molar-refractivity contribution in [3.05, 3.63) is 0 Å². The van der Waals surface area contributed by atoms with Crippen LogP contribution in [-0.2, 0) is 4.74 Å². The van der Waals surface area contributed by atoms with E-state index in [0.717, 1.165) is 36.9 Å². The molecule has 1 nitrogen and oxygen atoms in total. The van der Waals surface area contributed by atoms with Crippen LogP contribution in [0, 0.1) is 34.5 Å². The molecule has 0 N–H and O–H groups in total. The number of hydrogen-bond donors (Lipinski definition) is 0. The van der Waals surface area contributed by atoms with Gasteiger partial charge in [0, 0.05) is 0 Å². The molecule has 0 radical (unpaired) electrons. The van der Waals surface area contributed by atoms with Gasteiger partial charge in [-0.2, -0.15) is 0 Å². The smallest absolute Gasteiger partial charge is 0.0522 e. The summed E-state index contributed by atoms with van der Waals surface area (Å²) in [5.74, 6) is 3.53. The van der Waals surface area contributed by atoms with Crippen molar-refractivity contribution in [1.82, 2.24) is 0 Å². The maximum Gasteiger partial charge on any atom is 0.0522 e. The standard InChI is InChI=1S/C16H34O.C12H26.CH4/c1-7-15(8-2,9-3)13-17-14-16(10-4,11-5)12-6;1-7-9(3)11(5)12(6)10(4)8-2;/h7-14H2,1-6H3;9-12H,7-8H2,1-6H3;1H4. The predicted octanol–water partition coefficient (Wildman–Crippen LogP) is 10.4. The van der Waals surface area contributed by atoms with E-state index in [9.17, 15) is 0 Å². The van der Waals surface area contributed by atoms with Crippen LogP contribution in [0.15, 0.2) is 0 Å². The summed E-state index contributed by atoms with van der Waals surface area (Å²) in [6.45, 7) is 29.8. The normalized spacial score (nSPS) is 16.0. The van der Waals surface area contributed by atoms with Crippen molar-refractivity contribution < 1.29 is 4.74 Å². The van der Waals surface area contributed by atoms with Crippen LogP contribution < -0.4 is 0 Å². The van der Waals surface area contributed by atoms with Gasteiger partial charge in [0.05, 0.1) is 13.2 Å². The highest BCUT2D eigenvalue weighted by Crippen LogP contribution is 2.34. The lowest BCUT2D eigenvalue weighted by Crippen LogP contribution is -2.30. The van der Waals surface area contributed by atoms with Gasteiger partial charge >= 0.3 is 0 Å². The summed E-state index contributed by atoms with van der Waals surface area (Å²) in [6, 6.07) is 0. The van der Waals surface area contributed by atoms with Crippen molar-refractivity contribution >= 4 is 0 Å². The van der Waals surface area contributed by atoms with Crippen LogP contribution in [0.5, 0.6) is 0 Å². The molecule has 0 saturated heterocycles. The lowest BCUT2D eigenvalue weighted by atomic mass is 9.77. The third kappa shape index (κ3) is 11.5. The fourth-order valence-electron chi connectivity index (χ4n) is 4.38. The van der Waals surface area contributed by atoms with Gasteiger partial charge in [-0.3, -0.25) is 0 Å². The molecule has 0 heterocycles. The summed E-state index contributed by atoms with van der Waals surface area (Å²) in [5, 5.41) is 0. The Bertz CT molecular complexity index is 303. The van der Waals surface area contributed by atoms with Gasteiger partial charge < -0.3 is 4.74 Å². The molecule has 186 valence electrons. The van der Waals surface area contributed by atoms with Gasteiger partial charge in [-0.25, -0.2) is 0 Å². The molecule has 0 aromatic rings. The Hall–Kier alpha value is -0.0400. The maximum atomic E-state index is 6.11. The van der Waals surface area contributed by atoms with E-state index in [1.54, 1.807) is 0 Å². The second-order valence-corrected chi connectivity index (χ2v) is 10.1. The molecule has 0 rings (SSSR count). The fourth-order valence-corrected chi connectivity index (χ4v) is 4.38. The molecule has 4 atom stereocenters. The second-order valence-electron chi connectivity index (χ2n) is 10.1. The third-order valence-corrected chi connectivity index (χ3v) is 9.23. The maximum absolute atomic E-state index is 6.11. The van der Waals surface area contributed by atoms with E-state index in [1.165, 1.54) is 51.4 Å². The molecule has 0 aliphatic rings. The highest BCUT2D eigenvalue weighted by Gasteiger charge is 2.28. The van der Waals surface area contributed by atoms with E-state index < -0.39 is 0 Å². The average Bonchev–Trinajstić information content (AvgIpc) is 2.78. The zero-order chi connectivity index (χ0) is 23.1. The molecular weight excluding hydrogens is 364 g/mol. The van der Waals surface area contributed by atoms with Crippen molar-refractivity contribution in [2.75, 3.05) is 13.2 Å². The molecule has 0 saturated carbocycles. The van der Waals surface area contributed by atoms with Crippen molar-refractivity contribution in [3.63, 3.8) is 0 Å². The van der Waals surface area contributed by atoms with Crippen LogP contribution >= 0.6 is 0 Å². The Morgan fingerprint density at radius 2 is 0.733 bits per heavy atom. The van der Waals surface area contributed by atoms with Gasteiger partial charge in [-0.1, -0.05) is 103 Å². The average molecular weight is 429 g/mol. The fraction of sp³-hybridized carbons (Fsp3) is 1.00. The summed E-state index contributed by atoms with van der Waals surface area (Å²) < 4.78 is 6.11. The molecule has 0 aliphatic carbocycles. The lowest BCUT2D eigenvalue weighted by Gasteiger charge is -2.34. The number of hydrogen-bond acceptors (Lipinski definition) is 1. The third-order valence-electron chi connectivity index (χ3n) is 9.23. The molecule has 0 spiro atoms. The van der Waals surface area contributed by atoms with Crippen molar-refractivity contribution in [2.45, 2.75) is 142 Å². The van der Waals surface area contributed by atoms with Crippen molar-refractivity contribution in [3.8, 4) is 0 Å². The van der Waals surface area contributed by atoms with Crippen molar-refractivity contribution in [1.29, 1.82) is 0 Å². The van der Waals surface area contributed by atoms with E-state index in [1.807, 2.05) is 0 Å². The predicted molar refractivity (Wildman–Crippen MR) is 141 cm³/mol. The van der Waals surface area contributed by atoms with Gasteiger partial charge in [0.25, 0.3) is 0 Å². The van der Waals surface area contributed by atoms with Crippen LogP contribution in [0.3, 0.4) is 0 Å². The molecule has 0 bridgehead atoms. The molecule has 0 aromatic carbocycles. The number of ether oxygens (including phenoxy) is 1. The van der Waals surface area contributed by atoms with Gasteiger partial charge in [0.2, 0.25) is 0 Å². The molecule has 1 heteroatoms. The first-order valence-electron chi connectivity index (χ1n) is 13.2. The zero-order valence-electron chi connectivity index (χ0n) is 22.8. The minimum atomic E-state index is 0. The molecule has 0 aromatic heterocycles. The van der Waals surface area contributed by atoms with Gasteiger partial charge in [0.15, 0.2) is 0 Å². The van der Waals surface area contributed by atoms with Crippen molar-refractivity contribution in [2.24, 2.45) is 34.5 Å². The highest BCUT2D eigenvalue weighted by atomic mass is 16.5. The van der Waals surface area contributed by atoms with Crippen LogP contribution in [0.2, 0.25) is 0 Å². The van der Waals surface area contributed by atoms with E-state index in [2.05, 4.69) is 83.1 Å². The first kappa shape index (κ1) is 34.6. The minimum Gasteiger partial charge on any atom is -0.380 e. The number of rotatable bonds is 15. The topological polar surface area (TPSA) is 9.23 Å². The molecule has 0 fully saturated rings. The van der Waals surface area contributed by atoms with Crippen LogP contribution in [-0.4, -0.2) is 13.2 Å². The zero-order valence-corrected chi connectivity index (χ0v) is 22.8. The summed E-state index contributed by atoms with van der Waals surface area (Å²) in [5.41, 5.74) is 0.835. The summed E-state index contributed by atoms with van der Waals surface area (Å²) in [7, 11) is 0. The Labute approximate surface area is 194 Å². The Balaban J connectivity index is -0.000000497. The highest BCUT2D eigenvalue weighted by molar-refractivity contribution is 4.78. The van der Waals surface area contributed by atoms with Gasteiger partial charge in [-0.15, -0.1) is 0 Å². The van der Waals surface area contributed by atoms with Crippen LogP contribution in [0.25, 0.3) is 0 Å². The SMILES string of the molecule is C.CCC(C)C(C)C(C)C(C)CC.CCC(CC)(CC)COCC(CC)(CC)CC. The Morgan fingerprint density at radius 3 is 0.900 bits per heavy atom. The van der Waals surface area contributed by atoms with Crippen LogP contribution in [0.4, 0.5) is 0 Å².